The quantitative estimate of drug-likeness (QED) is 0.257. The number of thiophene rings is 1. The fraction of sp³-hybridized carbons (Fsp3) is 0.323. The summed E-state index contributed by atoms with van der Waals surface area (Å²) in [7, 11) is -3.97. The molecule has 0 bridgehead atoms. The standard InChI is InChI=1S/C31H35N3O4S2/c1-25-14-15-28(39-25)23-33(22-26-8-3-2-4-9-26)31(35)24-34(17-16-32-18-20-38-21-19-32)40(36,37)30-13-7-11-27-10-5-6-12-29(27)30/h2-15H,16-24H2,1H3. The van der Waals surface area contributed by atoms with Gasteiger partial charge in [0.1, 0.15) is 0 Å². The molecule has 40 heavy (non-hydrogen) atoms. The lowest BCUT2D eigenvalue weighted by molar-refractivity contribution is -0.132. The van der Waals surface area contributed by atoms with Crippen LogP contribution in [0.5, 0.6) is 0 Å². The van der Waals surface area contributed by atoms with Crippen LogP contribution in [0.4, 0.5) is 0 Å². The number of aryl methyl sites for hydroxylation is 1. The molecule has 2 heterocycles. The SMILES string of the molecule is Cc1ccc(CN(Cc2ccccc2)C(=O)CN(CCN2CCOCC2)S(=O)(=O)c2cccc3ccccc23)s1. The van der Waals surface area contributed by atoms with Gasteiger partial charge in [-0.1, -0.05) is 66.7 Å². The highest BCUT2D eigenvalue weighted by Gasteiger charge is 2.30. The number of nitrogens with zero attached hydrogens (tertiary/aromatic N) is 3. The van der Waals surface area contributed by atoms with E-state index < -0.39 is 10.0 Å². The highest BCUT2D eigenvalue weighted by Crippen LogP contribution is 2.26. The van der Waals surface area contributed by atoms with Crippen LogP contribution in [0, 0.1) is 6.92 Å². The highest BCUT2D eigenvalue weighted by molar-refractivity contribution is 7.89. The van der Waals surface area contributed by atoms with E-state index in [0.29, 0.717) is 38.2 Å². The summed E-state index contributed by atoms with van der Waals surface area (Å²) in [6.45, 7) is 6.13. The van der Waals surface area contributed by atoms with Gasteiger partial charge in [-0.25, -0.2) is 8.42 Å². The zero-order valence-corrected chi connectivity index (χ0v) is 24.4. The van der Waals surface area contributed by atoms with Crippen molar-refractivity contribution in [2.24, 2.45) is 0 Å². The first-order valence-corrected chi connectivity index (χ1v) is 15.8. The van der Waals surface area contributed by atoms with E-state index in [9.17, 15) is 13.2 Å². The van der Waals surface area contributed by atoms with E-state index in [0.717, 1.165) is 28.9 Å². The van der Waals surface area contributed by atoms with E-state index in [1.165, 1.54) is 9.18 Å². The number of carbonyl (C=O) groups excluding carboxylic acids is 1. The van der Waals surface area contributed by atoms with Gasteiger partial charge < -0.3 is 9.64 Å². The summed E-state index contributed by atoms with van der Waals surface area (Å²) in [5, 5.41) is 1.51. The first kappa shape index (κ1) is 28.4. The van der Waals surface area contributed by atoms with Gasteiger partial charge in [0.15, 0.2) is 0 Å². The van der Waals surface area contributed by atoms with E-state index >= 15 is 0 Å². The van der Waals surface area contributed by atoms with Crippen molar-refractivity contribution in [3.8, 4) is 0 Å². The third kappa shape index (κ3) is 6.97. The summed E-state index contributed by atoms with van der Waals surface area (Å²) in [4.78, 5) is 20.4. The van der Waals surface area contributed by atoms with Crippen LogP contribution in [0.2, 0.25) is 0 Å². The van der Waals surface area contributed by atoms with Gasteiger partial charge in [0.2, 0.25) is 15.9 Å². The van der Waals surface area contributed by atoms with Gasteiger partial charge in [-0.05, 0) is 36.1 Å². The number of morpholine rings is 1. The summed E-state index contributed by atoms with van der Waals surface area (Å²) in [6, 6.07) is 26.7. The van der Waals surface area contributed by atoms with E-state index in [4.69, 9.17) is 4.74 Å². The minimum atomic E-state index is -3.97. The molecule has 0 N–H and O–H groups in total. The average molecular weight is 578 g/mol. The molecule has 1 aliphatic heterocycles. The third-order valence-corrected chi connectivity index (χ3v) is 10.0. The van der Waals surface area contributed by atoms with Gasteiger partial charge in [0.05, 0.1) is 31.2 Å². The molecule has 0 spiro atoms. The van der Waals surface area contributed by atoms with Gasteiger partial charge in [-0.3, -0.25) is 9.69 Å². The third-order valence-electron chi connectivity index (χ3n) is 7.16. The molecular formula is C31H35N3O4S2. The molecule has 0 radical (unpaired) electrons. The number of rotatable bonds is 11. The van der Waals surface area contributed by atoms with Crippen molar-refractivity contribution >= 4 is 38.0 Å². The van der Waals surface area contributed by atoms with Crippen LogP contribution in [0.25, 0.3) is 10.8 Å². The van der Waals surface area contributed by atoms with Crippen LogP contribution in [0.15, 0.2) is 89.8 Å². The lowest BCUT2D eigenvalue weighted by Crippen LogP contribution is -2.47. The number of fused-ring (bicyclic) bond motifs is 1. The normalized spacial score (nSPS) is 14.6. The number of amides is 1. The minimum Gasteiger partial charge on any atom is -0.379 e. The molecular weight excluding hydrogens is 542 g/mol. The summed E-state index contributed by atoms with van der Waals surface area (Å²) < 4.78 is 35.3. The molecule has 4 aromatic rings. The zero-order valence-electron chi connectivity index (χ0n) is 22.7. The number of benzene rings is 3. The summed E-state index contributed by atoms with van der Waals surface area (Å²) in [6.07, 6.45) is 0. The number of sulfonamides is 1. The summed E-state index contributed by atoms with van der Waals surface area (Å²) in [5.74, 6) is -0.222. The van der Waals surface area contributed by atoms with Gasteiger partial charge in [0.25, 0.3) is 0 Å². The number of carbonyl (C=O) groups is 1. The van der Waals surface area contributed by atoms with Gasteiger partial charge in [-0.15, -0.1) is 11.3 Å². The Hall–Kier alpha value is -3.08. The monoisotopic (exact) mass is 577 g/mol. The summed E-state index contributed by atoms with van der Waals surface area (Å²) in [5.41, 5.74) is 1.00. The number of hydrogen-bond donors (Lipinski definition) is 0. The average Bonchev–Trinajstić information content (AvgIpc) is 3.39. The van der Waals surface area contributed by atoms with Crippen LogP contribution in [0.3, 0.4) is 0 Å². The van der Waals surface area contributed by atoms with E-state index in [1.807, 2.05) is 79.7 Å². The number of hydrogen-bond acceptors (Lipinski definition) is 6. The smallest absolute Gasteiger partial charge is 0.244 e. The van der Waals surface area contributed by atoms with E-state index in [1.54, 1.807) is 28.4 Å². The predicted molar refractivity (Wildman–Crippen MR) is 160 cm³/mol. The Bertz CT molecular complexity index is 1530. The Labute approximate surface area is 240 Å². The van der Waals surface area contributed by atoms with Crippen LogP contribution in [0.1, 0.15) is 15.3 Å². The fourth-order valence-corrected chi connectivity index (χ4v) is 7.47. The minimum absolute atomic E-state index is 0.217. The largest absolute Gasteiger partial charge is 0.379 e. The van der Waals surface area contributed by atoms with E-state index in [-0.39, 0.29) is 23.9 Å². The Morgan fingerprint density at radius 2 is 1.62 bits per heavy atom. The fourth-order valence-electron chi connectivity index (χ4n) is 4.97. The molecule has 0 aliphatic carbocycles. The van der Waals surface area contributed by atoms with Gasteiger partial charge >= 0.3 is 0 Å². The second-order valence-electron chi connectivity index (χ2n) is 10.0. The molecule has 0 atom stereocenters. The molecule has 1 amide bonds. The lowest BCUT2D eigenvalue weighted by atomic mass is 10.1. The first-order chi connectivity index (χ1) is 19.4. The van der Waals surface area contributed by atoms with Crippen molar-refractivity contribution < 1.29 is 17.9 Å². The predicted octanol–water partition coefficient (Wildman–Crippen LogP) is 4.76. The van der Waals surface area contributed by atoms with Crippen molar-refractivity contribution in [3.05, 3.63) is 100 Å². The van der Waals surface area contributed by atoms with Gasteiger partial charge in [0, 0.05) is 47.9 Å². The zero-order chi connectivity index (χ0) is 28.0. The number of ether oxygens (including phenoxy) is 1. The molecule has 0 saturated carbocycles. The molecule has 1 fully saturated rings. The Morgan fingerprint density at radius 3 is 2.38 bits per heavy atom. The molecule has 3 aromatic carbocycles. The Kier molecular flexibility index (Phi) is 9.29. The van der Waals surface area contributed by atoms with Crippen LogP contribution >= 0.6 is 11.3 Å². The molecule has 1 aliphatic rings. The maximum absolute atomic E-state index is 14.2. The Balaban J connectivity index is 1.44. The molecule has 1 saturated heterocycles. The lowest BCUT2D eigenvalue weighted by Gasteiger charge is -2.31. The van der Waals surface area contributed by atoms with Crippen LogP contribution < -0.4 is 0 Å². The first-order valence-electron chi connectivity index (χ1n) is 13.6. The summed E-state index contributed by atoms with van der Waals surface area (Å²) >= 11 is 1.65. The second kappa shape index (κ2) is 13.1. The molecule has 9 heteroatoms. The molecule has 0 unspecified atom stereocenters. The van der Waals surface area contributed by atoms with Crippen molar-refractivity contribution in [2.75, 3.05) is 45.9 Å². The van der Waals surface area contributed by atoms with Crippen molar-refractivity contribution in [1.82, 2.24) is 14.1 Å². The maximum atomic E-state index is 14.2. The molecule has 7 nitrogen and oxygen atoms in total. The van der Waals surface area contributed by atoms with Crippen molar-refractivity contribution in [2.45, 2.75) is 24.9 Å². The van der Waals surface area contributed by atoms with Gasteiger partial charge in [-0.2, -0.15) is 4.31 Å². The van der Waals surface area contributed by atoms with Crippen LogP contribution in [-0.2, 0) is 32.6 Å². The highest BCUT2D eigenvalue weighted by atomic mass is 32.2. The van der Waals surface area contributed by atoms with Crippen LogP contribution in [-0.4, -0.2) is 74.4 Å². The molecule has 1 aromatic heterocycles. The van der Waals surface area contributed by atoms with Crippen molar-refractivity contribution in [1.29, 1.82) is 0 Å². The van der Waals surface area contributed by atoms with E-state index in [2.05, 4.69) is 4.90 Å². The topological polar surface area (TPSA) is 70.2 Å². The molecule has 210 valence electrons. The molecule has 5 rings (SSSR count). The second-order valence-corrected chi connectivity index (χ2v) is 13.3. The van der Waals surface area contributed by atoms with Crippen molar-refractivity contribution in [3.63, 3.8) is 0 Å². The maximum Gasteiger partial charge on any atom is 0.244 e. The Morgan fingerprint density at radius 1 is 0.900 bits per heavy atom.